The lowest BCUT2D eigenvalue weighted by atomic mass is 10.1. The molecular formula is C11H15N3O. The van der Waals surface area contributed by atoms with Crippen molar-refractivity contribution in [1.29, 1.82) is 0 Å². The maximum atomic E-state index is 11.4. The maximum absolute atomic E-state index is 11.4. The van der Waals surface area contributed by atoms with Crippen LogP contribution >= 0.6 is 0 Å². The van der Waals surface area contributed by atoms with Crippen molar-refractivity contribution in [3.05, 3.63) is 23.9 Å². The fourth-order valence-electron chi connectivity index (χ4n) is 2.18. The molecule has 15 heavy (non-hydrogen) atoms. The first-order chi connectivity index (χ1) is 7.20. The summed E-state index contributed by atoms with van der Waals surface area (Å²) in [4.78, 5) is 17.3. The average molecular weight is 205 g/mol. The van der Waals surface area contributed by atoms with E-state index >= 15 is 0 Å². The second-order valence-corrected chi connectivity index (χ2v) is 3.85. The number of hydrogen-bond acceptors (Lipinski definition) is 3. The highest BCUT2D eigenvalue weighted by molar-refractivity contribution is 5.74. The molecule has 0 bridgehead atoms. The minimum Gasteiger partial charge on any atom is -0.383 e. The number of anilines is 1. The molecule has 1 fully saturated rings. The number of amides is 1. The van der Waals surface area contributed by atoms with Crippen molar-refractivity contribution in [3.63, 3.8) is 0 Å². The summed E-state index contributed by atoms with van der Waals surface area (Å²) in [5.41, 5.74) is 6.79. The molecule has 1 saturated heterocycles. The minimum atomic E-state index is 0.112. The van der Waals surface area contributed by atoms with Gasteiger partial charge in [0.15, 0.2) is 0 Å². The highest BCUT2D eigenvalue weighted by Crippen LogP contribution is 2.33. The van der Waals surface area contributed by atoms with E-state index in [1.807, 2.05) is 17.0 Å². The van der Waals surface area contributed by atoms with Crippen molar-refractivity contribution in [2.24, 2.45) is 0 Å². The number of aromatic nitrogens is 1. The van der Waals surface area contributed by atoms with Crippen molar-refractivity contribution in [3.8, 4) is 0 Å². The van der Waals surface area contributed by atoms with E-state index in [0.29, 0.717) is 5.82 Å². The van der Waals surface area contributed by atoms with Crippen LogP contribution in [-0.4, -0.2) is 22.3 Å². The van der Waals surface area contributed by atoms with Gasteiger partial charge in [0.25, 0.3) is 0 Å². The van der Waals surface area contributed by atoms with E-state index in [2.05, 4.69) is 4.98 Å². The Morgan fingerprint density at radius 2 is 2.47 bits per heavy atom. The summed E-state index contributed by atoms with van der Waals surface area (Å²) in [6.45, 7) is 2.43. The third kappa shape index (κ3) is 1.79. The van der Waals surface area contributed by atoms with E-state index in [1.165, 1.54) is 0 Å². The number of carbonyl (C=O) groups excluding carboxylic acids is 1. The Bertz CT molecular complexity index is 378. The molecule has 0 radical (unpaired) electrons. The SMILES string of the molecule is CC(=O)N1CCC[C@@H]1c1cccnc1N. The molecule has 1 amide bonds. The molecule has 1 atom stereocenters. The Morgan fingerprint density at radius 3 is 3.13 bits per heavy atom. The zero-order chi connectivity index (χ0) is 10.8. The predicted octanol–water partition coefficient (Wildman–Crippen LogP) is 1.35. The van der Waals surface area contributed by atoms with Crippen molar-refractivity contribution in [1.82, 2.24) is 9.88 Å². The standard InChI is InChI=1S/C11H15N3O/c1-8(15)14-7-3-5-10(14)9-4-2-6-13-11(9)12/h2,4,6,10H,3,5,7H2,1H3,(H2,12,13)/t10-/m1/s1. The van der Waals surface area contributed by atoms with E-state index in [1.54, 1.807) is 13.1 Å². The number of hydrogen-bond donors (Lipinski definition) is 1. The van der Waals surface area contributed by atoms with Crippen LogP contribution in [0.2, 0.25) is 0 Å². The molecule has 0 aliphatic carbocycles. The normalized spacial score (nSPS) is 20.6. The quantitative estimate of drug-likeness (QED) is 0.752. The smallest absolute Gasteiger partial charge is 0.219 e. The van der Waals surface area contributed by atoms with Crippen molar-refractivity contribution in [2.75, 3.05) is 12.3 Å². The largest absolute Gasteiger partial charge is 0.383 e. The van der Waals surface area contributed by atoms with Crippen LogP contribution in [0.4, 0.5) is 5.82 Å². The minimum absolute atomic E-state index is 0.112. The van der Waals surface area contributed by atoms with Gasteiger partial charge in [-0.3, -0.25) is 4.79 Å². The van der Waals surface area contributed by atoms with Gasteiger partial charge in [0.2, 0.25) is 5.91 Å². The molecule has 4 heteroatoms. The van der Waals surface area contributed by atoms with Crippen LogP contribution in [0.25, 0.3) is 0 Å². The number of likely N-dealkylation sites (tertiary alicyclic amines) is 1. The molecule has 1 aromatic heterocycles. The molecule has 0 spiro atoms. The third-order valence-corrected chi connectivity index (χ3v) is 2.89. The third-order valence-electron chi connectivity index (χ3n) is 2.89. The van der Waals surface area contributed by atoms with Gasteiger partial charge < -0.3 is 10.6 Å². The molecule has 0 aromatic carbocycles. The Morgan fingerprint density at radius 1 is 1.67 bits per heavy atom. The van der Waals surface area contributed by atoms with Gasteiger partial charge in [-0.05, 0) is 18.9 Å². The molecule has 2 N–H and O–H groups in total. The van der Waals surface area contributed by atoms with Crippen LogP contribution < -0.4 is 5.73 Å². The molecule has 1 aromatic rings. The molecule has 1 aliphatic heterocycles. The fourth-order valence-corrected chi connectivity index (χ4v) is 2.18. The first kappa shape index (κ1) is 9.96. The zero-order valence-corrected chi connectivity index (χ0v) is 8.81. The number of nitrogen functional groups attached to an aromatic ring is 1. The Kier molecular flexibility index (Phi) is 2.58. The second-order valence-electron chi connectivity index (χ2n) is 3.85. The van der Waals surface area contributed by atoms with Crippen LogP contribution in [0.3, 0.4) is 0 Å². The van der Waals surface area contributed by atoms with E-state index in [9.17, 15) is 4.79 Å². The summed E-state index contributed by atoms with van der Waals surface area (Å²) in [5.74, 6) is 0.649. The Hall–Kier alpha value is -1.58. The molecule has 2 rings (SSSR count). The summed E-state index contributed by atoms with van der Waals surface area (Å²) >= 11 is 0. The number of rotatable bonds is 1. The van der Waals surface area contributed by atoms with Crippen molar-refractivity contribution in [2.45, 2.75) is 25.8 Å². The number of nitrogens with zero attached hydrogens (tertiary/aromatic N) is 2. The van der Waals surface area contributed by atoms with Crippen LogP contribution in [0, 0.1) is 0 Å². The topological polar surface area (TPSA) is 59.2 Å². The van der Waals surface area contributed by atoms with Gasteiger partial charge in [0, 0.05) is 25.2 Å². The van der Waals surface area contributed by atoms with E-state index in [4.69, 9.17) is 5.73 Å². The molecule has 4 nitrogen and oxygen atoms in total. The van der Waals surface area contributed by atoms with E-state index in [-0.39, 0.29) is 11.9 Å². The van der Waals surface area contributed by atoms with Gasteiger partial charge >= 0.3 is 0 Å². The summed E-state index contributed by atoms with van der Waals surface area (Å²) in [6.07, 6.45) is 3.69. The highest BCUT2D eigenvalue weighted by Gasteiger charge is 2.29. The molecule has 0 unspecified atom stereocenters. The molecule has 2 heterocycles. The number of carbonyl (C=O) groups is 1. The first-order valence-electron chi connectivity index (χ1n) is 5.17. The van der Waals surface area contributed by atoms with Gasteiger partial charge in [-0.15, -0.1) is 0 Å². The molecular weight excluding hydrogens is 190 g/mol. The van der Waals surface area contributed by atoms with Crippen molar-refractivity contribution >= 4 is 11.7 Å². The molecule has 0 saturated carbocycles. The van der Waals surface area contributed by atoms with Crippen LogP contribution in [0.1, 0.15) is 31.4 Å². The number of pyridine rings is 1. The number of nitrogens with two attached hydrogens (primary N) is 1. The van der Waals surface area contributed by atoms with Gasteiger partial charge in [-0.25, -0.2) is 4.98 Å². The Balaban J connectivity index is 2.30. The second kappa shape index (κ2) is 3.88. The maximum Gasteiger partial charge on any atom is 0.219 e. The van der Waals surface area contributed by atoms with E-state index in [0.717, 1.165) is 24.9 Å². The Labute approximate surface area is 89.1 Å². The lowest BCUT2D eigenvalue weighted by molar-refractivity contribution is -0.129. The lowest BCUT2D eigenvalue weighted by Crippen LogP contribution is -2.28. The van der Waals surface area contributed by atoms with Gasteiger partial charge in [-0.2, -0.15) is 0 Å². The van der Waals surface area contributed by atoms with Gasteiger partial charge in [0.05, 0.1) is 6.04 Å². The van der Waals surface area contributed by atoms with E-state index < -0.39 is 0 Å². The fraction of sp³-hybridized carbons (Fsp3) is 0.455. The zero-order valence-electron chi connectivity index (χ0n) is 8.81. The molecule has 1 aliphatic rings. The van der Waals surface area contributed by atoms with Gasteiger partial charge in [0.1, 0.15) is 5.82 Å². The van der Waals surface area contributed by atoms with Crippen LogP contribution in [0.5, 0.6) is 0 Å². The first-order valence-corrected chi connectivity index (χ1v) is 5.17. The van der Waals surface area contributed by atoms with Gasteiger partial charge in [-0.1, -0.05) is 6.07 Å². The summed E-state index contributed by atoms with van der Waals surface area (Å²) in [5, 5.41) is 0. The summed E-state index contributed by atoms with van der Waals surface area (Å²) < 4.78 is 0. The average Bonchev–Trinajstić information content (AvgIpc) is 2.67. The lowest BCUT2D eigenvalue weighted by Gasteiger charge is -2.24. The summed E-state index contributed by atoms with van der Waals surface area (Å²) in [6, 6.07) is 3.94. The monoisotopic (exact) mass is 205 g/mol. The van der Waals surface area contributed by atoms with Crippen LogP contribution in [0.15, 0.2) is 18.3 Å². The van der Waals surface area contributed by atoms with Crippen molar-refractivity contribution < 1.29 is 4.79 Å². The highest BCUT2D eigenvalue weighted by atomic mass is 16.2. The molecule has 80 valence electrons. The predicted molar refractivity (Wildman–Crippen MR) is 58.0 cm³/mol. The summed E-state index contributed by atoms with van der Waals surface area (Å²) in [7, 11) is 0. The van der Waals surface area contributed by atoms with Crippen LogP contribution in [-0.2, 0) is 4.79 Å².